The summed E-state index contributed by atoms with van der Waals surface area (Å²) >= 11 is 3.39. The second-order valence-corrected chi connectivity index (χ2v) is 6.75. The van der Waals surface area contributed by atoms with Crippen LogP contribution in [0.25, 0.3) is 0 Å². The third-order valence-electron chi connectivity index (χ3n) is 3.54. The molecule has 2 amide bonds. The highest BCUT2D eigenvalue weighted by Crippen LogP contribution is 2.26. The number of hydrogen-bond acceptors (Lipinski definition) is 2. The number of carbonyl (C=O) groups excluding carboxylic acids is 2. The number of benzene rings is 1. The van der Waals surface area contributed by atoms with Crippen molar-refractivity contribution in [2.75, 3.05) is 6.54 Å². The molecule has 1 aromatic carbocycles. The Morgan fingerprint density at radius 1 is 1.24 bits per heavy atom. The van der Waals surface area contributed by atoms with Gasteiger partial charge in [0.15, 0.2) is 0 Å². The van der Waals surface area contributed by atoms with E-state index < -0.39 is 0 Å². The lowest BCUT2D eigenvalue weighted by Crippen LogP contribution is -2.40. The van der Waals surface area contributed by atoms with Crippen molar-refractivity contribution in [3.63, 3.8) is 0 Å². The molecule has 0 aromatic heterocycles. The zero-order valence-corrected chi connectivity index (χ0v) is 13.9. The quantitative estimate of drug-likeness (QED) is 0.826. The minimum atomic E-state index is -0.244. The number of nitrogens with one attached hydrogen (secondary N) is 2. The van der Waals surface area contributed by atoms with E-state index in [4.69, 9.17) is 0 Å². The first kappa shape index (κ1) is 16.0. The number of amides is 2. The monoisotopic (exact) mass is 352 g/mol. The molecule has 2 rings (SSSR count). The van der Waals surface area contributed by atoms with Crippen LogP contribution in [-0.4, -0.2) is 24.4 Å². The van der Waals surface area contributed by atoms with Crippen LogP contribution in [0, 0.1) is 5.92 Å². The van der Waals surface area contributed by atoms with E-state index in [0.29, 0.717) is 6.04 Å². The van der Waals surface area contributed by atoms with Crippen LogP contribution in [0.1, 0.15) is 38.2 Å². The van der Waals surface area contributed by atoms with Crippen LogP contribution < -0.4 is 10.6 Å². The molecule has 0 aliphatic heterocycles. The van der Waals surface area contributed by atoms with Crippen LogP contribution in [0.5, 0.6) is 0 Å². The topological polar surface area (TPSA) is 58.2 Å². The molecule has 4 nitrogen and oxygen atoms in total. The molecule has 2 N–H and O–H groups in total. The molecule has 0 spiro atoms. The van der Waals surface area contributed by atoms with E-state index in [0.717, 1.165) is 22.9 Å². The van der Waals surface area contributed by atoms with Gasteiger partial charge >= 0.3 is 0 Å². The Kier molecular flexibility index (Phi) is 5.39. The summed E-state index contributed by atoms with van der Waals surface area (Å²) in [6.07, 6.45) is 2.10. The molecule has 1 atom stereocenters. The van der Waals surface area contributed by atoms with Gasteiger partial charge in [0.05, 0.1) is 12.5 Å². The van der Waals surface area contributed by atoms with Crippen molar-refractivity contribution in [2.45, 2.75) is 38.6 Å². The normalized spacial score (nSPS) is 15.6. The Bertz CT molecular complexity index is 510. The van der Waals surface area contributed by atoms with Gasteiger partial charge in [-0.15, -0.1) is 0 Å². The molecule has 114 valence electrons. The molecule has 5 heteroatoms. The molecule has 1 aliphatic carbocycles. The first-order valence-electron chi connectivity index (χ1n) is 7.30. The fraction of sp³-hybridized carbons (Fsp3) is 0.500. The molecule has 1 aromatic rings. The average Bonchev–Trinajstić information content (AvgIpc) is 3.22. The van der Waals surface area contributed by atoms with Gasteiger partial charge in [0.25, 0.3) is 0 Å². The van der Waals surface area contributed by atoms with E-state index in [9.17, 15) is 9.59 Å². The standard InChI is InChI=1S/C16H21BrN2O2/c1-10(2)15(11-3-5-12(17)6-4-11)16(21)18-9-14(20)19-13-7-8-13/h3-6,10,13,15H,7-9H2,1-2H3,(H,18,21)(H,19,20). The number of hydrogen-bond donors (Lipinski definition) is 2. The fourth-order valence-electron chi connectivity index (χ4n) is 2.29. The highest BCUT2D eigenvalue weighted by atomic mass is 79.9. The minimum absolute atomic E-state index is 0.0507. The molecular weight excluding hydrogens is 332 g/mol. The first-order chi connectivity index (χ1) is 9.97. The molecule has 0 radical (unpaired) electrons. The second kappa shape index (κ2) is 7.07. The fourth-order valence-corrected chi connectivity index (χ4v) is 2.56. The van der Waals surface area contributed by atoms with Gasteiger partial charge in [-0.25, -0.2) is 0 Å². The molecule has 0 saturated heterocycles. The van der Waals surface area contributed by atoms with Crippen LogP contribution in [-0.2, 0) is 9.59 Å². The van der Waals surface area contributed by atoms with Gasteiger partial charge in [-0.3, -0.25) is 9.59 Å². The largest absolute Gasteiger partial charge is 0.352 e. The molecule has 21 heavy (non-hydrogen) atoms. The van der Waals surface area contributed by atoms with Crippen molar-refractivity contribution in [2.24, 2.45) is 5.92 Å². The lowest BCUT2D eigenvalue weighted by molar-refractivity contribution is -0.127. The van der Waals surface area contributed by atoms with Gasteiger partial charge < -0.3 is 10.6 Å². The van der Waals surface area contributed by atoms with Crippen molar-refractivity contribution < 1.29 is 9.59 Å². The maximum Gasteiger partial charge on any atom is 0.239 e. The summed E-state index contributed by atoms with van der Waals surface area (Å²) < 4.78 is 0.984. The summed E-state index contributed by atoms with van der Waals surface area (Å²) in [7, 11) is 0. The third kappa shape index (κ3) is 4.84. The zero-order valence-electron chi connectivity index (χ0n) is 12.4. The molecule has 0 heterocycles. The lowest BCUT2D eigenvalue weighted by Gasteiger charge is -2.20. The number of halogens is 1. The highest BCUT2D eigenvalue weighted by Gasteiger charge is 2.26. The van der Waals surface area contributed by atoms with Gasteiger partial charge in [-0.05, 0) is 36.5 Å². The van der Waals surface area contributed by atoms with Gasteiger partial charge in [-0.1, -0.05) is 41.9 Å². The molecule has 1 saturated carbocycles. The summed E-state index contributed by atoms with van der Waals surface area (Å²) in [6.45, 7) is 4.07. The van der Waals surface area contributed by atoms with Crippen LogP contribution in [0.4, 0.5) is 0 Å². The van der Waals surface area contributed by atoms with E-state index in [2.05, 4.69) is 26.6 Å². The van der Waals surface area contributed by atoms with Crippen molar-refractivity contribution in [3.8, 4) is 0 Å². The van der Waals surface area contributed by atoms with Crippen molar-refractivity contribution in [1.82, 2.24) is 10.6 Å². The molecule has 1 unspecified atom stereocenters. The lowest BCUT2D eigenvalue weighted by atomic mass is 9.87. The van der Waals surface area contributed by atoms with E-state index >= 15 is 0 Å². The molecular formula is C16H21BrN2O2. The maximum absolute atomic E-state index is 12.4. The Morgan fingerprint density at radius 3 is 2.38 bits per heavy atom. The summed E-state index contributed by atoms with van der Waals surface area (Å²) in [5.74, 6) is -0.285. The van der Waals surface area contributed by atoms with Crippen LogP contribution in [0.15, 0.2) is 28.7 Å². The summed E-state index contributed by atoms with van der Waals surface area (Å²) in [6, 6.07) is 8.06. The average molecular weight is 353 g/mol. The summed E-state index contributed by atoms with van der Waals surface area (Å²) in [4.78, 5) is 24.0. The number of rotatable bonds is 6. The predicted molar refractivity (Wildman–Crippen MR) is 85.9 cm³/mol. The third-order valence-corrected chi connectivity index (χ3v) is 4.07. The predicted octanol–water partition coefficient (Wildman–Crippen LogP) is 2.58. The van der Waals surface area contributed by atoms with Crippen molar-refractivity contribution >= 4 is 27.7 Å². The summed E-state index contributed by atoms with van der Waals surface area (Å²) in [5, 5.41) is 5.61. The van der Waals surface area contributed by atoms with Gasteiger partial charge in [0, 0.05) is 10.5 Å². The van der Waals surface area contributed by atoms with Crippen LogP contribution in [0.2, 0.25) is 0 Å². The Balaban J connectivity index is 1.95. The molecule has 1 aliphatic rings. The first-order valence-corrected chi connectivity index (χ1v) is 8.09. The van der Waals surface area contributed by atoms with Crippen molar-refractivity contribution in [3.05, 3.63) is 34.3 Å². The van der Waals surface area contributed by atoms with Gasteiger partial charge in [0.1, 0.15) is 0 Å². The summed E-state index contributed by atoms with van der Waals surface area (Å²) in [5.41, 5.74) is 0.966. The smallest absolute Gasteiger partial charge is 0.239 e. The molecule has 1 fully saturated rings. The second-order valence-electron chi connectivity index (χ2n) is 5.83. The SMILES string of the molecule is CC(C)C(C(=O)NCC(=O)NC1CC1)c1ccc(Br)cc1. The van der Waals surface area contributed by atoms with E-state index in [1.807, 2.05) is 38.1 Å². The van der Waals surface area contributed by atoms with E-state index in [1.54, 1.807) is 0 Å². The Labute approximate surface area is 133 Å². The van der Waals surface area contributed by atoms with E-state index in [1.165, 1.54) is 0 Å². The highest BCUT2D eigenvalue weighted by molar-refractivity contribution is 9.10. The van der Waals surface area contributed by atoms with Crippen LogP contribution in [0.3, 0.4) is 0 Å². The Morgan fingerprint density at radius 2 is 1.86 bits per heavy atom. The Hall–Kier alpha value is -1.36. The van der Waals surface area contributed by atoms with E-state index in [-0.39, 0.29) is 30.2 Å². The zero-order chi connectivity index (χ0) is 15.4. The number of carbonyl (C=O) groups is 2. The maximum atomic E-state index is 12.4. The van der Waals surface area contributed by atoms with Gasteiger partial charge in [0.2, 0.25) is 11.8 Å². The van der Waals surface area contributed by atoms with Gasteiger partial charge in [-0.2, -0.15) is 0 Å². The van der Waals surface area contributed by atoms with Crippen molar-refractivity contribution in [1.29, 1.82) is 0 Å². The molecule has 0 bridgehead atoms. The van der Waals surface area contributed by atoms with Crippen LogP contribution >= 0.6 is 15.9 Å². The minimum Gasteiger partial charge on any atom is -0.352 e.